The van der Waals surface area contributed by atoms with Crippen LogP contribution in [0.3, 0.4) is 0 Å². The molecular formula is C64H52N2. The van der Waals surface area contributed by atoms with Gasteiger partial charge in [0.05, 0.1) is 0 Å². The van der Waals surface area contributed by atoms with Crippen molar-refractivity contribution in [2.75, 3.05) is 10.2 Å². The molecule has 0 aliphatic heterocycles. The van der Waals surface area contributed by atoms with E-state index in [-0.39, 0.29) is 5.41 Å². The van der Waals surface area contributed by atoms with Crippen molar-refractivity contribution in [1.29, 1.82) is 0 Å². The molecule has 0 bridgehead atoms. The molecule has 66 heavy (non-hydrogen) atoms. The van der Waals surface area contributed by atoms with E-state index in [0.717, 1.165) is 28.4 Å². The molecule has 0 saturated heterocycles. The maximum Gasteiger partial charge on any atom is 0.0465 e. The number of nitrogens with one attached hydrogen (secondary N) is 1. The Morgan fingerprint density at radius 2 is 0.697 bits per heavy atom. The Kier molecular flexibility index (Phi) is 11.7. The van der Waals surface area contributed by atoms with E-state index in [2.05, 4.69) is 274 Å². The maximum atomic E-state index is 3.63. The van der Waals surface area contributed by atoms with E-state index in [1.807, 2.05) is 12.1 Å². The normalized spacial score (nSPS) is 12.0. The van der Waals surface area contributed by atoms with Crippen molar-refractivity contribution in [1.82, 2.24) is 0 Å². The highest BCUT2D eigenvalue weighted by Gasteiger charge is 2.36. The van der Waals surface area contributed by atoms with E-state index in [9.17, 15) is 0 Å². The molecule has 318 valence electrons. The largest absolute Gasteiger partial charge is 0.356 e. The van der Waals surface area contributed by atoms with Crippen LogP contribution < -0.4 is 10.2 Å². The fraction of sp³-hybridized carbons (Fsp3) is 0.0625. The van der Waals surface area contributed by atoms with E-state index < -0.39 is 0 Å². The van der Waals surface area contributed by atoms with Crippen molar-refractivity contribution in [3.05, 3.63) is 271 Å². The molecule has 0 amide bonds. The van der Waals surface area contributed by atoms with Gasteiger partial charge in [0.2, 0.25) is 0 Å². The van der Waals surface area contributed by atoms with Crippen molar-refractivity contribution in [2.45, 2.75) is 26.2 Å². The monoisotopic (exact) mass is 848 g/mol. The number of fused-ring (bicyclic) bond motifs is 3. The van der Waals surface area contributed by atoms with E-state index in [0.29, 0.717) is 0 Å². The first-order chi connectivity index (χ1) is 32.4. The molecule has 2 nitrogen and oxygen atoms in total. The van der Waals surface area contributed by atoms with E-state index >= 15 is 0 Å². The van der Waals surface area contributed by atoms with Gasteiger partial charge in [-0.05, 0) is 146 Å². The van der Waals surface area contributed by atoms with Gasteiger partial charge in [-0.3, -0.25) is 0 Å². The van der Waals surface area contributed by atoms with Gasteiger partial charge in [-0.15, -0.1) is 0 Å². The van der Waals surface area contributed by atoms with Gasteiger partial charge < -0.3 is 10.2 Å². The lowest BCUT2D eigenvalue weighted by Crippen LogP contribution is -2.16. The number of benzene rings is 10. The topological polar surface area (TPSA) is 15.3 Å². The number of hydrogen-bond donors (Lipinski definition) is 1. The van der Waals surface area contributed by atoms with Gasteiger partial charge in [0.15, 0.2) is 0 Å². The second-order valence-corrected chi connectivity index (χ2v) is 17.6. The second-order valence-electron chi connectivity index (χ2n) is 17.6. The van der Waals surface area contributed by atoms with Crippen LogP contribution in [-0.2, 0) is 5.41 Å². The minimum Gasteiger partial charge on any atom is -0.356 e. The van der Waals surface area contributed by atoms with E-state index in [4.69, 9.17) is 0 Å². The molecule has 1 N–H and O–H groups in total. The summed E-state index contributed by atoms with van der Waals surface area (Å²) in [5, 5.41) is 3.63. The maximum absolute atomic E-state index is 3.63. The first-order valence-corrected chi connectivity index (χ1v) is 22.8. The molecule has 0 unspecified atom stereocenters. The van der Waals surface area contributed by atoms with E-state index in [1.54, 1.807) is 0 Å². The zero-order valence-corrected chi connectivity index (χ0v) is 37.7. The lowest BCUT2D eigenvalue weighted by Gasteiger charge is -2.28. The standard InChI is InChI=1S/C46H38N2.C18H14/c1-32-11-10-14-37(29-32)47-38-23-27-42-43-28-26-41(31-45(43)46(2,3)44(42)30-38)48(39-15-8-5-9-16-39)40-24-21-36(22-25-40)35-19-17-34(18-20-35)33-12-6-4-7-13-33;1-3-8-15(9-4-1)17-12-7-13-18(14-17)16-10-5-2-6-11-16/h4-31,47H,1-3H3;1-14H. The highest BCUT2D eigenvalue weighted by atomic mass is 15.1. The third-order valence-electron chi connectivity index (χ3n) is 12.8. The number of hydrogen-bond acceptors (Lipinski definition) is 2. The molecule has 10 aromatic carbocycles. The third kappa shape index (κ3) is 8.82. The molecule has 0 heterocycles. The van der Waals surface area contributed by atoms with Crippen LogP contribution in [0.25, 0.3) is 55.6 Å². The summed E-state index contributed by atoms with van der Waals surface area (Å²) < 4.78 is 0. The summed E-state index contributed by atoms with van der Waals surface area (Å²) in [6, 6.07) is 91.0. The Morgan fingerprint density at radius 3 is 1.24 bits per heavy atom. The minimum absolute atomic E-state index is 0.150. The number of para-hydroxylation sites is 1. The summed E-state index contributed by atoms with van der Waals surface area (Å²) in [6.07, 6.45) is 0. The molecule has 0 spiro atoms. The molecule has 0 fully saturated rings. The van der Waals surface area contributed by atoms with Crippen LogP contribution in [0.1, 0.15) is 30.5 Å². The highest BCUT2D eigenvalue weighted by molar-refractivity contribution is 5.87. The van der Waals surface area contributed by atoms with Gasteiger partial charge in [0.1, 0.15) is 0 Å². The molecule has 0 radical (unpaired) electrons. The fourth-order valence-electron chi connectivity index (χ4n) is 9.28. The number of rotatable bonds is 9. The van der Waals surface area contributed by atoms with Gasteiger partial charge in [-0.1, -0.05) is 202 Å². The van der Waals surface area contributed by atoms with Gasteiger partial charge in [0, 0.05) is 33.9 Å². The molecule has 2 heteroatoms. The van der Waals surface area contributed by atoms with Crippen LogP contribution in [0.2, 0.25) is 0 Å². The van der Waals surface area contributed by atoms with Gasteiger partial charge in [-0.25, -0.2) is 0 Å². The SMILES string of the molecule is Cc1cccc(Nc2ccc3c(c2)C(C)(C)c2cc(N(c4ccccc4)c4ccc(-c5ccc(-c6ccccc6)cc5)cc4)ccc2-3)c1.c1ccc(-c2cccc(-c3ccccc3)c2)cc1. The molecule has 10 aromatic rings. The predicted octanol–water partition coefficient (Wildman–Crippen LogP) is 17.9. The lowest BCUT2D eigenvalue weighted by molar-refractivity contribution is 0.660. The zero-order chi connectivity index (χ0) is 44.9. The average Bonchev–Trinajstić information content (AvgIpc) is 3.60. The first kappa shape index (κ1) is 41.8. The number of anilines is 5. The Bertz CT molecular complexity index is 3160. The third-order valence-corrected chi connectivity index (χ3v) is 12.8. The summed E-state index contributed by atoms with van der Waals surface area (Å²) in [7, 11) is 0. The van der Waals surface area contributed by atoms with Crippen molar-refractivity contribution < 1.29 is 0 Å². The van der Waals surface area contributed by atoms with Gasteiger partial charge >= 0.3 is 0 Å². The molecule has 0 atom stereocenters. The van der Waals surface area contributed by atoms with Crippen LogP contribution in [-0.4, -0.2) is 0 Å². The molecular weight excluding hydrogens is 797 g/mol. The van der Waals surface area contributed by atoms with Crippen molar-refractivity contribution in [3.8, 4) is 55.6 Å². The first-order valence-electron chi connectivity index (χ1n) is 22.8. The second kappa shape index (κ2) is 18.5. The molecule has 0 aromatic heterocycles. The van der Waals surface area contributed by atoms with Crippen molar-refractivity contribution >= 4 is 28.4 Å². The number of nitrogens with zero attached hydrogens (tertiary/aromatic N) is 1. The fourth-order valence-corrected chi connectivity index (χ4v) is 9.28. The van der Waals surface area contributed by atoms with Crippen LogP contribution in [0.15, 0.2) is 255 Å². The number of aryl methyl sites for hydroxylation is 1. The Balaban J connectivity index is 0.000000237. The molecule has 1 aliphatic carbocycles. The summed E-state index contributed by atoms with van der Waals surface area (Å²) in [5.74, 6) is 0. The van der Waals surface area contributed by atoms with Crippen molar-refractivity contribution in [2.24, 2.45) is 0 Å². The quantitative estimate of drug-likeness (QED) is 0.156. The smallest absolute Gasteiger partial charge is 0.0465 e. The van der Waals surface area contributed by atoms with Crippen LogP contribution >= 0.6 is 0 Å². The molecule has 0 saturated carbocycles. The summed E-state index contributed by atoms with van der Waals surface area (Å²) in [6.45, 7) is 6.83. The highest BCUT2D eigenvalue weighted by Crippen LogP contribution is 2.51. The summed E-state index contributed by atoms with van der Waals surface area (Å²) >= 11 is 0. The predicted molar refractivity (Wildman–Crippen MR) is 281 cm³/mol. The lowest BCUT2D eigenvalue weighted by atomic mass is 9.82. The van der Waals surface area contributed by atoms with E-state index in [1.165, 1.54) is 72.3 Å². The summed E-state index contributed by atoms with van der Waals surface area (Å²) in [5.41, 5.74) is 22.0. The summed E-state index contributed by atoms with van der Waals surface area (Å²) in [4.78, 5) is 2.37. The van der Waals surface area contributed by atoms with Crippen LogP contribution in [0.4, 0.5) is 28.4 Å². The molecule has 1 aliphatic rings. The Morgan fingerprint density at radius 1 is 0.303 bits per heavy atom. The molecule has 11 rings (SSSR count). The van der Waals surface area contributed by atoms with Gasteiger partial charge in [0.25, 0.3) is 0 Å². The van der Waals surface area contributed by atoms with Crippen molar-refractivity contribution in [3.63, 3.8) is 0 Å². The van der Waals surface area contributed by atoms with Crippen LogP contribution in [0, 0.1) is 6.92 Å². The van der Waals surface area contributed by atoms with Gasteiger partial charge in [-0.2, -0.15) is 0 Å². The average molecular weight is 849 g/mol. The van der Waals surface area contributed by atoms with Crippen LogP contribution in [0.5, 0.6) is 0 Å². The Hall–Kier alpha value is -8.20. The Labute approximate surface area is 390 Å². The minimum atomic E-state index is -0.150. The zero-order valence-electron chi connectivity index (χ0n) is 37.7.